The molecule has 0 radical (unpaired) electrons. The maximum Gasteiger partial charge on any atom is 0.113 e. The summed E-state index contributed by atoms with van der Waals surface area (Å²) in [6, 6.07) is 4.74. The number of nitrogens with one attached hydrogen (secondary N) is 1. The summed E-state index contributed by atoms with van der Waals surface area (Å²) in [7, 11) is 0. The molecule has 1 aromatic rings. The Morgan fingerprint density at radius 2 is 2.54 bits per heavy atom. The largest absolute Gasteiger partial charge is 0.361 e. The highest BCUT2D eigenvalue weighted by Crippen LogP contribution is 2.14. The smallest absolute Gasteiger partial charge is 0.113 e. The van der Waals surface area contributed by atoms with Crippen molar-refractivity contribution in [3.63, 3.8) is 0 Å². The first-order valence-electron chi connectivity index (χ1n) is 4.24. The summed E-state index contributed by atoms with van der Waals surface area (Å²) < 4.78 is 5.53. The van der Waals surface area contributed by atoms with Gasteiger partial charge in [0.15, 0.2) is 0 Å². The predicted molar refractivity (Wildman–Crippen MR) is 57.6 cm³/mol. The van der Waals surface area contributed by atoms with E-state index in [4.69, 9.17) is 4.74 Å². The second-order valence-corrected chi connectivity index (χ2v) is 4.21. The molecule has 2 atom stereocenters. The first-order chi connectivity index (χ1) is 5.84. The van der Waals surface area contributed by atoms with Crippen LogP contribution in [0.3, 0.4) is 0 Å². The normalized spacial score (nSPS) is 27.2. The molecule has 1 saturated heterocycles. The predicted octanol–water partition coefficient (Wildman–Crippen LogP) is 2.05. The molecule has 0 spiro atoms. The van der Waals surface area contributed by atoms with Crippen molar-refractivity contribution < 1.29 is 4.74 Å². The Morgan fingerprint density at radius 1 is 1.69 bits per heavy atom. The quantitative estimate of drug-likeness (QED) is 0.822. The second kappa shape index (κ2) is 4.96. The van der Waals surface area contributed by atoms with Gasteiger partial charge in [0, 0.05) is 17.3 Å². The van der Waals surface area contributed by atoms with Crippen LogP contribution >= 0.6 is 23.7 Å². The van der Waals surface area contributed by atoms with Crippen LogP contribution in [-0.4, -0.2) is 18.9 Å². The van der Waals surface area contributed by atoms with Gasteiger partial charge in [-0.05, 0) is 18.4 Å². The molecule has 1 N–H and O–H groups in total. The third-order valence-electron chi connectivity index (χ3n) is 1.98. The summed E-state index contributed by atoms with van der Waals surface area (Å²) in [6.45, 7) is 2.99. The fourth-order valence-corrected chi connectivity index (χ4v) is 2.14. The molecule has 1 aliphatic heterocycles. The van der Waals surface area contributed by atoms with E-state index in [0.29, 0.717) is 6.04 Å². The van der Waals surface area contributed by atoms with Gasteiger partial charge < -0.3 is 4.74 Å². The molecular formula is C9H14ClNOS. The molecule has 1 aromatic heterocycles. The van der Waals surface area contributed by atoms with Crippen molar-refractivity contribution in [2.24, 2.45) is 0 Å². The van der Waals surface area contributed by atoms with Gasteiger partial charge in [0.05, 0.1) is 6.61 Å². The monoisotopic (exact) mass is 219 g/mol. The maximum absolute atomic E-state index is 5.53. The van der Waals surface area contributed by atoms with Crippen LogP contribution in [0.25, 0.3) is 0 Å². The lowest BCUT2D eigenvalue weighted by Gasteiger charge is -2.08. The molecular weight excluding hydrogens is 206 g/mol. The van der Waals surface area contributed by atoms with Gasteiger partial charge >= 0.3 is 0 Å². The SMILES string of the molecule is CC1COC(Cc2cccs2)N1.Cl. The molecule has 0 aromatic carbocycles. The van der Waals surface area contributed by atoms with Crippen LogP contribution in [0.4, 0.5) is 0 Å². The first kappa shape index (κ1) is 11.0. The van der Waals surface area contributed by atoms with E-state index in [-0.39, 0.29) is 18.6 Å². The van der Waals surface area contributed by atoms with E-state index in [1.807, 2.05) is 0 Å². The van der Waals surface area contributed by atoms with Crippen LogP contribution in [0.2, 0.25) is 0 Å². The Labute approximate surface area is 88.7 Å². The van der Waals surface area contributed by atoms with Crippen LogP contribution < -0.4 is 5.32 Å². The Morgan fingerprint density at radius 3 is 3.08 bits per heavy atom. The Bertz CT molecular complexity index is 240. The average Bonchev–Trinajstić information content (AvgIpc) is 2.63. The average molecular weight is 220 g/mol. The van der Waals surface area contributed by atoms with E-state index >= 15 is 0 Å². The van der Waals surface area contributed by atoms with Crippen LogP contribution in [0.5, 0.6) is 0 Å². The summed E-state index contributed by atoms with van der Waals surface area (Å²) in [4.78, 5) is 1.39. The minimum atomic E-state index is 0. The Kier molecular flexibility index (Phi) is 4.19. The van der Waals surface area contributed by atoms with Crippen molar-refractivity contribution in [1.29, 1.82) is 0 Å². The number of rotatable bonds is 2. The molecule has 74 valence electrons. The van der Waals surface area contributed by atoms with Gasteiger partial charge in [-0.3, -0.25) is 5.32 Å². The van der Waals surface area contributed by atoms with Gasteiger partial charge in [0.25, 0.3) is 0 Å². The minimum absolute atomic E-state index is 0. The molecule has 0 amide bonds. The van der Waals surface area contributed by atoms with Gasteiger partial charge in [-0.15, -0.1) is 23.7 Å². The highest BCUT2D eigenvalue weighted by molar-refractivity contribution is 7.09. The van der Waals surface area contributed by atoms with Gasteiger partial charge in [0.1, 0.15) is 6.23 Å². The number of halogens is 1. The first-order valence-corrected chi connectivity index (χ1v) is 5.12. The van der Waals surface area contributed by atoms with E-state index in [1.165, 1.54) is 4.88 Å². The minimum Gasteiger partial charge on any atom is -0.361 e. The van der Waals surface area contributed by atoms with Crippen LogP contribution in [0.1, 0.15) is 11.8 Å². The summed E-state index contributed by atoms with van der Waals surface area (Å²) in [5, 5.41) is 5.48. The molecule has 2 heterocycles. The molecule has 1 aliphatic rings. The van der Waals surface area contributed by atoms with Crippen molar-refractivity contribution in [3.05, 3.63) is 22.4 Å². The lowest BCUT2D eigenvalue weighted by molar-refractivity contribution is 0.101. The number of hydrogen-bond acceptors (Lipinski definition) is 3. The molecule has 1 fully saturated rings. The van der Waals surface area contributed by atoms with Crippen LogP contribution in [0.15, 0.2) is 17.5 Å². The van der Waals surface area contributed by atoms with E-state index in [2.05, 4.69) is 29.8 Å². The second-order valence-electron chi connectivity index (χ2n) is 3.17. The standard InChI is InChI=1S/C9H13NOS.ClH/c1-7-6-11-9(10-7)5-8-3-2-4-12-8;/h2-4,7,9-10H,5-6H2,1H3;1H. The van der Waals surface area contributed by atoms with Crippen molar-refractivity contribution in [1.82, 2.24) is 5.32 Å². The maximum atomic E-state index is 5.53. The summed E-state index contributed by atoms with van der Waals surface area (Å²) in [5.41, 5.74) is 0. The lowest BCUT2D eigenvalue weighted by Crippen LogP contribution is -2.29. The van der Waals surface area contributed by atoms with Crippen LogP contribution in [0, 0.1) is 0 Å². The van der Waals surface area contributed by atoms with Gasteiger partial charge in [0.2, 0.25) is 0 Å². The molecule has 2 rings (SSSR count). The number of thiophene rings is 1. The van der Waals surface area contributed by atoms with Crippen molar-refractivity contribution >= 4 is 23.7 Å². The van der Waals surface area contributed by atoms with Crippen molar-refractivity contribution in [2.75, 3.05) is 6.61 Å². The zero-order valence-electron chi connectivity index (χ0n) is 7.53. The molecule has 0 aliphatic carbocycles. The van der Waals surface area contributed by atoms with E-state index in [1.54, 1.807) is 11.3 Å². The van der Waals surface area contributed by atoms with Gasteiger partial charge in [-0.1, -0.05) is 6.07 Å². The molecule has 4 heteroatoms. The lowest BCUT2D eigenvalue weighted by atomic mass is 10.3. The summed E-state index contributed by atoms with van der Waals surface area (Å²) >= 11 is 1.79. The van der Waals surface area contributed by atoms with E-state index < -0.39 is 0 Å². The summed E-state index contributed by atoms with van der Waals surface area (Å²) in [6.07, 6.45) is 1.24. The van der Waals surface area contributed by atoms with Crippen LogP contribution in [-0.2, 0) is 11.2 Å². The van der Waals surface area contributed by atoms with Crippen molar-refractivity contribution in [3.8, 4) is 0 Å². The zero-order chi connectivity index (χ0) is 8.39. The Balaban J connectivity index is 0.000000845. The number of ether oxygens (including phenoxy) is 1. The topological polar surface area (TPSA) is 21.3 Å². The zero-order valence-corrected chi connectivity index (χ0v) is 9.16. The Hall–Kier alpha value is -0.0900. The van der Waals surface area contributed by atoms with Crippen molar-refractivity contribution in [2.45, 2.75) is 25.6 Å². The highest BCUT2D eigenvalue weighted by atomic mass is 35.5. The summed E-state index contributed by atoms with van der Waals surface area (Å²) in [5.74, 6) is 0. The van der Waals surface area contributed by atoms with Gasteiger partial charge in [-0.25, -0.2) is 0 Å². The molecule has 13 heavy (non-hydrogen) atoms. The molecule has 2 unspecified atom stereocenters. The van der Waals surface area contributed by atoms with E-state index in [0.717, 1.165) is 13.0 Å². The highest BCUT2D eigenvalue weighted by Gasteiger charge is 2.20. The fraction of sp³-hybridized carbons (Fsp3) is 0.556. The molecule has 2 nitrogen and oxygen atoms in total. The fourth-order valence-electron chi connectivity index (χ4n) is 1.40. The van der Waals surface area contributed by atoms with E-state index in [9.17, 15) is 0 Å². The number of hydrogen-bond donors (Lipinski definition) is 1. The third kappa shape index (κ3) is 2.95. The molecule has 0 bridgehead atoms. The molecule has 0 saturated carbocycles. The van der Waals surface area contributed by atoms with Gasteiger partial charge in [-0.2, -0.15) is 0 Å². The third-order valence-corrected chi connectivity index (χ3v) is 2.88.